The highest BCUT2D eigenvalue weighted by Gasteiger charge is 2.31. The molecule has 0 saturated carbocycles. The second kappa shape index (κ2) is 17.7. The van der Waals surface area contributed by atoms with Crippen LogP contribution < -0.4 is 21.3 Å². The molecule has 0 aromatic heterocycles. The SMILES string of the molecule is COCCOCCNC(=O)[C@H](CC(=O)O)NC(=O)[C@@H](CC(C)C)NC(=O)[C@H](Cc1ccc(O)cc1)NC(C)=O. The highest BCUT2D eigenvalue weighted by molar-refractivity contribution is 5.95. The minimum Gasteiger partial charge on any atom is -0.508 e. The predicted molar refractivity (Wildman–Crippen MR) is 141 cm³/mol. The molecule has 4 amide bonds. The molecule has 39 heavy (non-hydrogen) atoms. The van der Waals surface area contributed by atoms with Crippen LogP contribution >= 0.6 is 0 Å². The largest absolute Gasteiger partial charge is 0.508 e. The number of aliphatic carboxylic acids is 1. The predicted octanol–water partition coefficient (Wildman–Crippen LogP) is -0.291. The third-order valence-corrected chi connectivity index (χ3v) is 5.40. The number of ether oxygens (including phenoxy) is 2. The van der Waals surface area contributed by atoms with Crippen LogP contribution in [0.15, 0.2) is 24.3 Å². The molecule has 0 fully saturated rings. The van der Waals surface area contributed by atoms with E-state index >= 15 is 0 Å². The highest BCUT2D eigenvalue weighted by Crippen LogP contribution is 2.12. The van der Waals surface area contributed by atoms with Gasteiger partial charge in [0.1, 0.15) is 23.9 Å². The molecule has 13 heteroatoms. The number of carboxylic acid groups (broad SMARTS) is 1. The summed E-state index contributed by atoms with van der Waals surface area (Å²) < 4.78 is 10.1. The van der Waals surface area contributed by atoms with Gasteiger partial charge in [-0.1, -0.05) is 26.0 Å². The number of benzene rings is 1. The number of aromatic hydroxyl groups is 1. The van der Waals surface area contributed by atoms with Crippen molar-refractivity contribution in [3.63, 3.8) is 0 Å². The van der Waals surface area contributed by atoms with E-state index in [-0.39, 0.29) is 37.7 Å². The molecule has 13 nitrogen and oxygen atoms in total. The second-order valence-corrected chi connectivity index (χ2v) is 9.37. The van der Waals surface area contributed by atoms with Gasteiger partial charge in [0, 0.05) is 27.0 Å². The fourth-order valence-corrected chi connectivity index (χ4v) is 3.57. The number of methoxy groups -OCH3 is 1. The summed E-state index contributed by atoms with van der Waals surface area (Å²) in [5.41, 5.74) is 0.663. The molecule has 0 saturated heterocycles. The van der Waals surface area contributed by atoms with Crippen molar-refractivity contribution >= 4 is 29.6 Å². The van der Waals surface area contributed by atoms with Gasteiger partial charge in [-0.05, 0) is 30.0 Å². The lowest BCUT2D eigenvalue weighted by atomic mass is 10.0. The Balaban J connectivity index is 2.94. The van der Waals surface area contributed by atoms with Crippen LogP contribution in [0.3, 0.4) is 0 Å². The third kappa shape index (κ3) is 14.1. The van der Waals surface area contributed by atoms with Crippen molar-refractivity contribution in [1.82, 2.24) is 21.3 Å². The summed E-state index contributed by atoms with van der Waals surface area (Å²) in [5, 5.41) is 28.9. The lowest BCUT2D eigenvalue weighted by molar-refractivity contribution is -0.141. The fourth-order valence-electron chi connectivity index (χ4n) is 3.57. The number of carbonyl (C=O) groups excluding carboxylic acids is 4. The zero-order valence-electron chi connectivity index (χ0n) is 22.8. The Kier molecular flexibility index (Phi) is 15.2. The van der Waals surface area contributed by atoms with Gasteiger partial charge in [-0.2, -0.15) is 0 Å². The maximum atomic E-state index is 13.1. The number of phenols is 1. The number of phenolic OH excluding ortho intramolecular Hbond substituents is 1. The number of nitrogens with one attached hydrogen (secondary N) is 4. The first-order valence-corrected chi connectivity index (χ1v) is 12.6. The summed E-state index contributed by atoms with van der Waals surface area (Å²) in [5.74, 6) is -3.83. The van der Waals surface area contributed by atoms with Crippen LogP contribution in [0.2, 0.25) is 0 Å². The van der Waals surface area contributed by atoms with Crippen molar-refractivity contribution in [2.45, 2.75) is 58.2 Å². The molecule has 0 heterocycles. The van der Waals surface area contributed by atoms with Crippen LogP contribution in [-0.4, -0.2) is 91.4 Å². The summed E-state index contributed by atoms with van der Waals surface area (Å²) in [6.45, 7) is 5.89. The molecular weight excluding hydrogens is 512 g/mol. The van der Waals surface area contributed by atoms with Gasteiger partial charge >= 0.3 is 5.97 Å². The maximum absolute atomic E-state index is 13.1. The zero-order chi connectivity index (χ0) is 29.4. The molecule has 1 aromatic rings. The maximum Gasteiger partial charge on any atom is 0.305 e. The smallest absolute Gasteiger partial charge is 0.305 e. The van der Waals surface area contributed by atoms with Crippen molar-refractivity contribution in [1.29, 1.82) is 0 Å². The topological polar surface area (TPSA) is 192 Å². The molecule has 0 bridgehead atoms. The number of carbonyl (C=O) groups is 5. The fraction of sp³-hybridized carbons (Fsp3) is 0.577. The van der Waals surface area contributed by atoms with Crippen LogP contribution in [0.5, 0.6) is 5.75 Å². The van der Waals surface area contributed by atoms with E-state index in [1.54, 1.807) is 12.1 Å². The van der Waals surface area contributed by atoms with Crippen LogP contribution in [0, 0.1) is 5.92 Å². The number of hydrogen-bond donors (Lipinski definition) is 6. The summed E-state index contributed by atoms with van der Waals surface area (Å²) in [6.07, 6.45) is -0.379. The van der Waals surface area contributed by atoms with E-state index in [0.29, 0.717) is 18.8 Å². The van der Waals surface area contributed by atoms with E-state index in [1.807, 2.05) is 13.8 Å². The van der Waals surface area contributed by atoms with Crippen molar-refractivity contribution in [3.8, 4) is 5.75 Å². The van der Waals surface area contributed by atoms with Gasteiger partial charge in [0.15, 0.2) is 0 Å². The van der Waals surface area contributed by atoms with Crippen LogP contribution in [0.25, 0.3) is 0 Å². The van der Waals surface area contributed by atoms with Gasteiger partial charge in [0.05, 0.1) is 26.2 Å². The molecule has 0 unspecified atom stereocenters. The first kappa shape index (κ1) is 33.3. The summed E-state index contributed by atoms with van der Waals surface area (Å²) in [6, 6.07) is 2.60. The number of rotatable bonds is 18. The monoisotopic (exact) mass is 552 g/mol. The molecule has 1 rings (SSSR count). The van der Waals surface area contributed by atoms with Crippen LogP contribution in [-0.2, 0) is 39.9 Å². The van der Waals surface area contributed by atoms with Crippen molar-refractivity contribution in [2.24, 2.45) is 5.92 Å². The quantitative estimate of drug-likeness (QED) is 0.133. The Hall–Kier alpha value is -3.71. The van der Waals surface area contributed by atoms with Gasteiger partial charge < -0.3 is 41.0 Å². The number of carboxylic acids is 1. The highest BCUT2D eigenvalue weighted by atomic mass is 16.5. The average Bonchev–Trinajstić information content (AvgIpc) is 2.85. The normalized spacial score (nSPS) is 13.2. The lowest BCUT2D eigenvalue weighted by Gasteiger charge is -2.26. The minimum atomic E-state index is -1.39. The van der Waals surface area contributed by atoms with Gasteiger partial charge in [-0.25, -0.2) is 0 Å². The Morgan fingerprint density at radius 2 is 1.46 bits per heavy atom. The molecule has 0 aliphatic carbocycles. The van der Waals surface area contributed by atoms with E-state index in [1.165, 1.54) is 26.2 Å². The number of hydrogen-bond acceptors (Lipinski definition) is 8. The van der Waals surface area contributed by atoms with E-state index in [4.69, 9.17) is 9.47 Å². The van der Waals surface area contributed by atoms with E-state index in [9.17, 15) is 34.2 Å². The first-order valence-electron chi connectivity index (χ1n) is 12.6. The van der Waals surface area contributed by atoms with Crippen LogP contribution in [0.4, 0.5) is 0 Å². The van der Waals surface area contributed by atoms with E-state index in [0.717, 1.165) is 0 Å². The molecule has 3 atom stereocenters. The van der Waals surface area contributed by atoms with Gasteiger partial charge in [-0.15, -0.1) is 0 Å². The van der Waals surface area contributed by atoms with Gasteiger partial charge in [0.25, 0.3) is 0 Å². The summed E-state index contributed by atoms with van der Waals surface area (Å²) in [7, 11) is 1.52. The van der Waals surface area contributed by atoms with Gasteiger partial charge in [-0.3, -0.25) is 24.0 Å². The molecule has 1 aromatic carbocycles. The standard InChI is InChI=1S/C26H40N4O9/c1-16(2)13-20(29-26(37)21(28-17(3)31)14-18-5-7-19(32)8-6-18)25(36)30-22(15-23(33)34)24(35)27-9-10-39-12-11-38-4/h5-8,16,20-22,32H,9-15H2,1-4H3,(H,27,35)(H,28,31)(H,29,37)(H,30,36)(H,33,34)/t20-,21+,22+/m1/s1. The number of amides is 4. The molecule has 0 spiro atoms. The zero-order valence-corrected chi connectivity index (χ0v) is 22.8. The van der Waals surface area contributed by atoms with E-state index in [2.05, 4.69) is 21.3 Å². The molecular formula is C26H40N4O9. The molecule has 0 radical (unpaired) electrons. The van der Waals surface area contributed by atoms with Crippen molar-refractivity contribution < 1.29 is 43.7 Å². The Bertz CT molecular complexity index is 953. The Labute approximate surface area is 228 Å². The molecule has 218 valence electrons. The molecule has 0 aliphatic rings. The third-order valence-electron chi connectivity index (χ3n) is 5.40. The van der Waals surface area contributed by atoms with Crippen molar-refractivity contribution in [2.75, 3.05) is 33.5 Å². The minimum absolute atomic E-state index is 0.0477. The first-order chi connectivity index (χ1) is 18.4. The Morgan fingerprint density at radius 1 is 0.846 bits per heavy atom. The van der Waals surface area contributed by atoms with E-state index < -0.39 is 54.1 Å². The average molecular weight is 553 g/mol. The second-order valence-electron chi connectivity index (χ2n) is 9.37. The summed E-state index contributed by atoms with van der Waals surface area (Å²) in [4.78, 5) is 62.0. The van der Waals surface area contributed by atoms with Crippen molar-refractivity contribution in [3.05, 3.63) is 29.8 Å². The van der Waals surface area contributed by atoms with Gasteiger partial charge in [0.2, 0.25) is 23.6 Å². The lowest BCUT2D eigenvalue weighted by Crippen LogP contribution is -2.57. The van der Waals surface area contributed by atoms with Crippen LogP contribution in [0.1, 0.15) is 39.2 Å². The molecule has 0 aliphatic heterocycles. The Morgan fingerprint density at radius 3 is 2.03 bits per heavy atom. The molecule has 6 N–H and O–H groups in total. The summed E-state index contributed by atoms with van der Waals surface area (Å²) >= 11 is 0.